The Morgan fingerprint density at radius 1 is 1.09 bits per heavy atom. The lowest BCUT2D eigenvalue weighted by Crippen LogP contribution is -2.30. The first-order valence-corrected chi connectivity index (χ1v) is 8.06. The van der Waals surface area contributed by atoms with Crippen molar-refractivity contribution in [1.82, 2.24) is 5.32 Å². The van der Waals surface area contributed by atoms with Crippen LogP contribution in [0.25, 0.3) is 0 Å². The molecule has 1 N–H and O–H groups in total. The van der Waals surface area contributed by atoms with Crippen LogP contribution >= 0.6 is 11.8 Å². The highest BCUT2D eigenvalue weighted by Crippen LogP contribution is 2.15. The summed E-state index contributed by atoms with van der Waals surface area (Å²) in [6.45, 7) is 1.96. The molecule has 1 amide bonds. The number of hydrogen-bond acceptors (Lipinski definition) is 6. The number of amides is 1. The van der Waals surface area contributed by atoms with Crippen LogP contribution in [-0.2, 0) is 23.9 Å². The van der Waals surface area contributed by atoms with Crippen LogP contribution in [0.15, 0.2) is 47.4 Å². The summed E-state index contributed by atoms with van der Waals surface area (Å²) in [5, 5.41) is 2.64. The van der Waals surface area contributed by atoms with Crippen molar-refractivity contribution in [1.29, 1.82) is 0 Å². The molecule has 0 saturated heterocycles. The van der Waals surface area contributed by atoms with Crippen molar-refractivity contribution in [3.8, 4) is 0 Å². The van der Waals surface area contributed by atoms with Gasteiger partial charge in [-0.25, -0.2) is 9.59 Å². The van der Waals surface area contributed by atoms with Crippen LogP contribution in [0.4, 0.5) is 0 Å². The molecule has 0 atom stereocenters. The third-order valence-electron chi connectivity index (χ3n) is 2.42. The van der Waals surface area contributed by atoms with Gasteiger partial charge in [-0.05, 0) is 19.1 Å². The van der Waals surface area contributed by atoms with Crippen molar-refractivity contribution in [3.05, 3.63) is 42.5 Å². The van der Waals surface area contributed by atoms with E-state index in [1.54, 1.807) is 18.7 Å². The second-order valence-electron chi connectivity index (χ2n) is 4.20. The maximum absolute atomic E-state index is 11.5. The Balaban J connectivity index is 2.12. The Morgan fingerprint density at radius 2 is 1.74 bits per heavy atom. The Morgan fingerprint density at radius 3 is 2.39 bits per heavy atom. The molecule has 1 rings (SSSR count). The van der Waals surface area contributed by atoms with Crippen LogP contribution in [0.5, 0.6) is 0 Å². The first-order valence-electron chi connectivity index (χ1n) is 7.08. The van der Waals surface area contributed by atoms with Crippen LogP contribution in [0.3, 0.4) is 0 Å². The molecule has 1 aromatic rings. The molecule has 0 aliphatic heterocycles. The van der Waals surface area contributed by atoms with E-state index in [0.717, 1.165) is 17.0 Å². The van der Waals surface area contributed by atoms with E-state index in [4.69, 9.17) is 4.74 Å². The minimum absolute atomic E-state index is 0.224. The molecule has 7 heteroatoms. The van der Waals surface area contributed by atoms with E-state index in [1.807, 2.05) is 30.3 Å². The Kier molecular flexibility index (Phi) is 9.23. The van der Waals surface area contributed by atoms with Crippen LogP contribution in [0.1, 0.15) is 6.92 Å². The van der Waals surface area contributed by atoms with Gasteiger partial charge in [-0.3, -0.25) is 4.79 Å². The quantitative estimate of drug-likeness (QED) is 0.319. The molecular formula is C16H19NO5S. The molecule has 0 heterocycles. The number of benzene rings is 1. The maximum atomic E-state index is 11.5. The zero-order valence-electron chi connectivity index (χ0n) is 12.8. The molecule has 0 aromatic heterocycles. The highest BCUT2D eigenvalue weighted by atomic mass is 32.2. The van der Waals surface area contributed by atoms with Gasteiger partial charge in [-0.2, -0.15) is 0 Å². The van der Waals surface area contributed by atoms with Crippen molar-refractivity contribution in [3.63, 3.8) is 0 Å². The summed E-state index contributed by atoms with van der Waals surface area (Å²) in [4.78, 5) is 34.9. The highest BCUT2D eigenvalue weighted by Gasteiger charge is 2.05. The maximum Gasteiger partial charge on any atom is 0.331 e. The Bertz CT molecular complexity index is 545. The molecule has 0 bridgehead atoms. The number of carbonyl (C=O) groups excluding carboxylic acids is 3. The van der Waals surface area contributed by atoms with Crippen molar-refractivity contribution >= 4 is 29.6 Å². The first-order chi connectivity index (χ1) is 11.1. The van der Waals surface area contributed by atoms with Gasteiger partial charge in [0, 0.05) is 29.3 Å². The third kappa shape index (κ3) is 9.36. The smallest absolute Gasteiger partial charge is 0.331 e. The molecule has 124 valence electrons. The van der Waals surface area contributed by atoms with Crippen molar-refractivity contribution in [2.45, 2.75) is 11.8 Å². The van der Waals surface area contributed by atoms with Crippen molar-refractivity contribution < 1.29 is 23.9 Å². The number of esters is 2. The van der Waals surface area contributed by atoms with E-state index in [0.29, 0.717) is 12.3 Å². The van der Waals surface area contributed by atoms with E-state index in [9.17, 15) is 14.4 Å². The van der Waals surface area contributed by atoms with E-state index in [2.05, 4.69) is 10.1 Å². The number of rotatable bonds is 9. The predicted molar refractivity (Wildman–Crippen MR) is 86.9 cm³/mol. The SMILES string of the molecule is CCOC(=O)/C=C/C(=O)OCC(=O)NCCSc1ccccc1. The summed E-state index contributed by atoms with van der Waals surface area (Å²) >= 11 is 1.62. The van der Waals surface area contributed by atoms with Gasteiger partial charge in [-0.15, -0.1) is 11.8 Å². The van der Waals surface area contributed by atoms with E-state index >= 15 is 0 Å². The molecule has 23 heavy (non-hydrogen) atoms. The lowest BCUT2D eigenvalue weighted by Gasteiger charge is -2.05. The average Bonchev–Trinajstić information content (AvgIpc) is 2.56. The second kappa shape index (κ2) is 11.3. The summed E-state index contributed by atoms with van der Waals surface area (Å²) in [6, 6.07) is 9.82. The van der Waals surface area contributed by atoms with Crippen LogP contribution < -0.4 is 5.32 Å². The largest absolute Gasteiger partial charge is 0.463 e. The van der Waals surface area contributed by atoms with Crippen LogP contribution in [-0.4, -0.2) is 43.4 Å². The molecule has 0 radical (unpaired) electrons. The average molecular weight is 337 g/mol. The molecule has 0 aliphatic carbocycles. The van der Waals surface area contributed by atoms with Gasteiger partial charge in [0.15, 0.2) is 6.61 Å². The molecule has 6 nitrogen and oxygen atoms in total. The Hall–Kier alpha value is -2.28. The fraction of sp³-hybridized carbons (Fsp3) is 0.312. The lowest BCUT2D eigenvalue weighted by molar-refractivity contribution is -0.144. The number of ether oxygens (including phenoxy) is 2. The molecule has 0 spiro atoms. The Labute approximate surface area is 139 Å². The van der Waals surface area contributed by atoms with Gasteiger partial charge in [0.25, 0.3) is 5.91 Å². The normalized spacial score (nSPS) is 10.3. The zero-order valence-corrected chi connectivity index (χ0v) is 13.6. The number of hydrogen-bond donors (Lipinski definition) is 1. The van der Waals surface area contributed by atoms with Crippen molar-refractivity contribution in [2.24, 2.45) is 0 Å². The summed E-state index contributed by atoms with van der Waals surface area (Å²) in [7, 11) is 0. The second-order valence-corrected chi connectivity index (χ2v) is 5.37. The summed E-state index contributed by atoms with van der Waals surface area (Å²) in [5.74, 6) is -1.08. The predicted octanol–water partition coefficient (Wildman–Crippen LogP) is 1.56. The molecule has 0 unspecified atom stereocenters. The van der Waals surface area contributed by atoms with Gasteiger partial charge >= 0.3 is 11.9 Å². The molecule has 0 fully saturated rings. The number of nitrogens with one attached hydrogen (secondary N) is 1. The fourth-order valence-corrected chi connectivity index (χ4v) is 2.23. The zero-order chi connectivity index (χ0) is 16.9. The van der Waals surface area contributed by atoms with E-state index in [-0.39, 0.29) is 13.2 Å². The first kappa shape index (κ1) is 18.8. The minimum Gasteiger partial charge on any atom is -0.463 e. The molecule has 0 aliphatic rings. The van der Waals surface area contributed by atoms with Crippen LogP contribution in [0, 0.1) is 0 Å². The number of carbonyl (C=O) groups is 3. The van der Waals surface area contributed by atoms with Gasteiger partial charge in [0.05, 0.1) is 6.61 Å². The monoisotopic (exact) mass is 337 g/mol. The standard InChI is InChI=1S/C16H19NO5S/c1-2-21-15(19)8-9-16(20)22-12-14(18)17-10-11-23-13-6-4-3-5-7-13/h3-9H,2,10-12H2,1H3,(H,17,18)/b9-8+. The highest BCUT2D eigenvalue weighted by molar-refractivity contribution is 7.99. The van der Waals surface area contributed by atoms with Gasteiger partial charge in [0.1, 0.15) is 0 Å². The third-order valence-corrected chi connectivity index (χ3v) is 3.44. The van der Waals surface area contributed by atoms with Gasteiger partial charge in [-0.1, -0.05) is 18.2 Å². The topological polar surface area (TPSA) is 81.7 Å². The fourth-order valence-electron chi connectivity index (χ4n) is 1.44. The van der Waals surface area contributed by atoms with Crippen LogP contribution in [0.2, 0.25) is 0 Å². The molecular weight excluding hydrogens is 318 g/mol. The minimum atomic E-state index is -0.771. The van der Waals surface area contributed by atoms with Gasteiger partial charge in [0.2, 0.25) is 0 Å². The molecule has 0 saturated carbocycles. The summed E-state index contributed by atoms with van der Waals surface area (Å²) < 4.78 is 9.30. The lowest BCUT2D eigenvalue weighted by atomic mass is 10.4. The molecule has 1 aromatic carbocycles. The summed E-state index contributed by atoms with van der Waals surface area (Å²) in [5.41, 5.74) is 0. The van der Waals surface area contributed by atoms with E-state index < -0.39 is 17.8 Å². The number of thioether (sulfide) groups is 1. The van der Waals surface area contributed by atoms with Gasteiger partial charge < -0.3 is 14.8 Å². The van der Waals surface area contributed by atoms with Crippen molar-refractivity contribution in [2.75, 3.05) is 25.5 Å². The summed E-state index contributed by atoms with van der Waals surface area (Å²) in [6.07, 6.45) is 1.89. The van der Waals surface area contributed by atoms with E-state index in [1.165, 1.54) is 0 Å².